The van der Waals surface area contributed by atoms with Gasteiger partial charge in [-0.2, -0.15) is 13.2 Å². The van der Waals surface area contributed by atoms with Gasteiger partial charge in [-0.15, -0.1) is 0 Å². The Hall–Kier alpha value is -1.57. The number of rotatable bonds is 8. The summed E-state index contributed by atoms with van der Waals surface area (Å²) in [4.78, 5) is 7.02. The molecule has 0 saturated carbocycles. The van der Waals surface area contributed by atoms with E-state index in [-0.39, 0.29) is 17.7 Å². The van der Waals surface area contributed by atoms with Crippen LogP contribution in [-0.4, -0.2) is 36.3 Å². The molecule has 0 aromatic carbocycles. The van der Waals surface area contributed by atoms with Crippen LogP contribution in [0.5, 0.6) is 0 Å². The van der Waals surface area contributed by atoms with E-state index in [1.807, 2.05) is 6.92 Å². The molecule has 0 saturated heterocycles. The Morgan fingerprint density at radius 2 is 1.90 bits per heavy atom. The van der Waals surface area contributed by atoms with E-state index in [0.29, 0.717) is 13.2 Å². The van der Waals surface area contributed by atoms with Gasteiger partial charge < -0.3 is 15.4 Å². The highest BCUT2D eigenvalue weighted by Gasteiger charge is 2.35. The van der Waals surface area contributed by atoms with E-state index < -0.39 is 12.0 Å². The number of nitrogens with zero attached hydrogens (tertiary/aromatic N) is 2. The van der Waals surface area contributed by atoms with Crippen molar-refractivity contribution in [1.29, 1.82) is 0 Å². The van der Waals surface area contributed by atoms with Crippen LogP contribution in [0.25, 0.3) is 0 Å². The molecule has 21 heavy (non-hydrogen) atoms. The topological polar surface area (TPSA) is 59.1 Å². The van der Waals surface area contributed by atoms with Gasteiger partial charge in [-0.25, -0.2) is 9.97 Å². The fourth-order valence-corrected chi connectivity index (χ4v) is 1.88. The van der Waals surface area contributed by atoms with E-state index in [2.05, 4.69) is 20.6 Å². The average Bonchev–Trinajstić information content (AvgIpc) is 2.38. The average molecular weight is 306 g/mol. The zero-order valence-corrected chi connectivity index (χ0v) is 12.4. The maximum atomic E-state index is 12.8. The number of methoxy groups -OCH3 is 1. The molecule has 1 aromatic heterocycles. The third-order valence-electron chi connectivity index (χ3n) is 2.69. The van der Waals surface area contributed by atoms with E-state index in [1.165, 1.54) is 6.07 Å². The molecular weight excluding hydrogens is 285 g/mol. The normalized spacial score (nSPS) is 13.0. The van der Waals surface area contributed by atoms with Gasteiger partial charge in [-0.3, -0.25) is 0 Å². The maximum Gasteiger partial charge on any atom is 0.451 e. The molecule has 8 heteroatoms. The lowest BCUT2D eigenvalue weighted by atomic mass is 10.2. The first-order valence-electron chi connectivity index (χ1n) is 6.86. The largest absolute Gasteiger partial charge is 0.451 e. The smallest absolute Gasteiger partial charge is 0.383 e. The highest BCUT2D eigenvalue weighted by Crippen LogP contribution is 2.28. The number of halogens is 3. The van der Waals surface area contributed by atoms with Crippen molar-refractivity contribution in [1.82, 2.24) is 9.97 Å². The van der Waals surface area contributed by atoms with Gasteiger partial charge in [-0.05, 0) is 13.3 Å². The first kappa shape index (κ1) is 17.5. The molecule has 0 amide bonds. The summed E-state index contributed by atoms with van der Waals surface area (Å²) < 4.78 is 43.5. The molecule has 1 rings (SSSR count). The first-order valence-corrected chi connectivity index (χ1v) is 6.86. The minimum absolute atomic E-state index is 0.0922. The van der Waals surface area contributed by atoms with E-state index >= 15 is 0 Å². The number of aromatic nitrogens is 2. The summed E-state index contributed by atoms with van der Waals surface area (Å²) in [6, 6.07) is 1.38. The van der Waals surface area contributed by atoms with Crippen LogP contribution in [0.15, 0.2) is 6.07 Å². The van der Waals surface area contributed by atoms with Crippen molar-refractivity contribution in [2.45, 2.75) is 38.9 Å². The highest BCUT2D eigenvalue weighted by atomic mass is 19.4. The lowest BCUT2D eigenvalue weighted by Crippen LogP contribution is -2.26. The first-order chi connectivity index (χ1) is 9.90. The standard InChI is InChI=1S/C13H21F3N4O/c1-4-6-9(8-21-3)18-11-7-10(17-5-2)19-12(20-11)13(14,15)16/h7,9H,4-6,8H2,1-3H3,(H2,17,18,19,20). The monoisotopic (exact) mass is 306 g/mol. The Morgan fingerprint density at radius 3 is 2.43 bits per heavy atom. The number of hydrogen-bond acceptors (Lipinski definition) is 5. The van der Waals surface area contributed by atoms with Crippen molar-refractivity contribution >= 4 is 11.6 Å². The lowest BCUT2D eigenvalue weighted by molar-refractivity contribution is -0.144. The summed E-state index contributed by atoms with van der Waals surface area (Å²) in [5.74, 6) is -0.866. The molecule has 1 atom stereocenters. The number of anilines is 2. The summed E-state index contributed by atoms with van der Waals surface area (Å²) in [6.45, 7) is 4.66. The summed E-state index contributed by atoms with van der Waals surface area (Å²) in [7, 11) is 1.55. The quantitative estimate of drug-likeness (QED) is 0.772. The number of hydrogen-bond donors (Lipinski definition) is 2. The van der Waals surface area contributed by atoms with Crippen molar-refractivity contribution in [3.8, 4) is 0 Å². The number of nitrogens with one attached hydrogen (secondary N) is 2. The molecular formula is C13H21F3N4O. The fraction of sp³-hybridized carbons (Fsp3) is 0.692. The maximum absolute atomic E-state index is 12.8. The molecule has 1 unspecified atom stereocenters. The Labute approximate surface area is 122 Å². The highest BCUT2D eigenvalue weighted by molar-refractivity contribution is 5.48. The van der Waals surface area contributed by atoms with Crippen LogP contribution >= 0.6 is 0 Å². The Kier molecular flexibility index (Phi) is 6.67. The SMILES string of the molecule is CCCC(COC)Nc1cc(NCC)nc(C(F)(F)F)n1. The zero-order chi connectivity index (χ0) is 15.9. The molecule has 1 heterocycles. The minimum atomic E-state index is -4.58. The summed E-state index contributed by atoms with van der Waals surface area (Å²) in [6.07, 6.45) is -2.92. The zero-order valence-electron chi connectivity index (χ0n) is 12.4. The molecule has 5 nitrogen and oxygen atoms in total. The van der Waals surface area contributed by atoms with Gasteiger partial charge in [0.2, 0.25) is 5.82 Å². The van der Waals surface area contributed by atoms with E-state index in [4.69, 9.17) is 4.74 Å². The second-order valence-corrected chi connectivity index (χ2v) is 4.58. The van der Waals surface area contributed by atoms with Crippen LogP contribution in [0.2, 0.25) is 0 Å². The number of alkyl halides is 3. The number of ether oxygens (including phenoxy) is 1. The van der Waals surface area contributed by atoms with Gasteiger partial charge in [0, 0.05) is 19.7 Å². The van der Waals surface area contributed by atoms with Gasteiger partial charge in [-0.1, -0.05) is 13.3 Å². The predicted octanol–water partition coefficient (Wildman–Crippen LogP) is 3.15. The fourth-order valence-electron chi connectivity index (χ4n) is 1.88. The van der Waals surface area contributed by atoms with Gasteiger partial charge in [0.15, 0.2) is 0 Å². The molecule has 1 aromatic rings. The van der Waals surface area contributed by atoms with Gasteiger partial charge in [0.05, 0.1) is 12.6 Å². The third kappa shape index (κ3) is 5.74. The molecule has 120 valence electrons. The second kappa shape index (κ2) is 8.02. The predicted molar refractivity (Wildman–Crippen MR) is 75.4 cm³/mol. The summed E-state index contributed by atoms with van der Waals surface area (Å²) in [5, 5.41) is 5.75. The Bertz CT molecular complexity index is 434. The molecule has 0 aliphatic carbocycles. The van der Waals surface area contributed by atoms with Gasteiger partial charge >= 0.3 is 6.18 Å². The molecule has 0 radical (unpaired) electrons. The molecule has 0 fully saturated rings. The van der Waals surface area contributed by atoms with Crippen LogP contribution in [0, 0.1) is 0 Å². The van der Waals surface area contributed by atoms with Gasteiger partial charge in [0.1, 0.15) is 11.6 Å². The van der Waals surface area contributed by atoms with Crippen LogP contribution in [0.4, 0.5) is 24.8 Å². The van der Waals surface area contributed by atoms with Crippen molar-refractivity contribution in [3.05, 3.63) is 11.9 Å². The van der Waals surface area contributed by atoms with Crippen molar-refractivity contribution < 1.29 is 17.9 Å². The summed E-state index contributed by atoms with van der Waals surface area (Å²) >= 11 is 0. The molecule has 0 bridgehead atoms. The van der Waals surface area contributed by atoms with Crippen LogP contribution in [0.1, 0.15) is 32.5 Å². The van der Waals surface area contributed by atoms with Gasteiger partial charge in [0.25, 0.3) is 0 Å². The Balaban J connectivity index is 3.01. The second-order valence-electron chi connectivity index (χ2n) is 4.58. The van der Waals surface area contributed by atoms with E-state index in [0.717, 1.165) is 12.8 Å². The van der Waals surface area contributed by atoms with Crippen LogP contribution in [0.3, 0.4) is 0 Å². The lowest BCUT2D eigenvalue weighted by Gasteiger charge is -2.19. The minimum Gasteiger partial charge on any atom is -0.383 e. The molecule has 0 aliphatic heterocycles. The van der Waals surface area contributed by atoms with Crippen molar-refractivity contribution in [2.75, 3.05) is 30.9 Å². The van der Waals surface area contributed by atoms with E-state index in [1.54, 1.807) is 14.0 Å². The third-order valence-corrected chi connectivity index (χ3v) is 2.69. The molecule has 0 spiro atoms. The molecule has 2 N–H and O–H groups in total. The summed E-state index contributed by atoms with van der Waals surface area (Å²) in [5.41, 5.74) is 0. The van der Waals surface area contributed by atoms with Crippen molar-refractivity contribution in [3.63, 3.8) is 0 Å². The van der Waals surface area contributed by atoms with E-state index in [9.17, 15) is 13.2 Å². The van der Waals surface area contributed by atoms with Crippen LogP contribution in [-0.2, 0) is 10.9 Å². The molecule has 0 aliphatic rings. The van der Waals surface area contributed by atoms with Crippen molar-refractivity contribution in [2.24, 2.45) is 0 Å². The Morgan fingerprint density at radius 1 is 1.24 bits per heavy atom. The van der Waals surface area contributed by atoms with Crippen LogP contribution < -0.4 is 10.6 Å².